The van der Waals surface area contributed by atoms with Gasteiger partial charge in [-0.05, 0) is 44.0 Å². The van der Waals surface area contributed by atoms with Crippen LogP contribution in [0.2, 0.25) is 0 Å². The highest BCUT2D eigenvalue weighted by molar-refractivity contribution is 5.30. The fourth-order valence-corrected chi connectivity index (χ4v) is 1.31. The largest absolute Gasteiger partial charge is 0.386 e. The molecule has 1 rings (SSSR count). The molecule has 2 heteroatoms. The molecule has 0 amide bonds. The van der Waals surface area contributed by atoms with E-state index < -0.39 is 5.60 Å². The van der Waals surface area contributed by atoms with Gasteiger partial charge in [0.25, 0.3) is 0 Å². The van der Waals surface area contributed by atoms with Crippen molar-refractivity contribution in [2.75, 3.05) is 0 Å². The molecule has 0 saturated heterocycles. The van der Waals surface area contributed by atoms with Crippen molar-refractivity contribution in [3.63, 3.8) is 0 Å². The zero-order valence-corrected chi connectivity index (χ0v) is 7.56. The van der Waals surface area contributed by atoms with Crippen LogP contribution in [-0.4, -0.2) is 5.11 Å². The van der Waals surface area contributed by atoms with E-state index in [1.54, 1.807) is 26.8 Å². The average Bonchev–Trinajstić information content (AvgIpc) is 1.83. The monoisotopic (exact) mass is 168 g/mol. The van der Waals surface area contributed by atoms with E-state index in [1.807, 2.05) is 0 Å². The van der Waals surface area contributed by atoms with Gasteiger partial charge in [0.2, 0.25) is 0 Å². The number of aliphatic hydroxyl groups is 1. The first-order chi connectivity index (χ1) is 5.41. The van der Waals surface area contributed by atoms with E-state index in [0.717, 1.165) is 11.1 Å². The number of halogens is 1. The third-order valence-electron chi connectivity index (χ3n) is 1.85. The van der Waals surface area contributed by atoms with Crippen molar-refractivity contribution in [1.29, 1.82) is 0 Å². The van der Waals surface area contributed by atoms with Gasteiger partial charge in [-0.2, -0.15) is 0 Å². The van der Waals surface area contributed by atoms with Crippen LogP contribution in [0.25, 0.3) is 0 Å². The van der Waals surface area contributed by atoms with Gasteiger partial charge in [-0.3, -0.25) is 0 Å². The third-order valence-corrected chi connectivity index (χ3v) is 1.85. The predicted molar refractivity (Wildman–Crippen MR) is 46.4 cm³/mol. The van der Waals surface area contributed by atoms with Crippen LogP contribution in [-0.2, 0) is 5.60 Å². The van der Waals surface area contributed by atoms with Crippen molar-refractivity contribution >= 4 is 0 Å². The van der Waals surface area contributed by atoms with E-state index in [0.29, 0.717) is 0 Å². The van der Waals surface area contributed by atoms with E-state index in [1.165, 1.54) is 12.1 Å². The Labute approximate surface area is 71.9 Å². The second-order valence-electron chi connectivity index (χ2n) is 3.52. The number of benzene rings is 1. The average molecular weight is 168 g/mol. The molecule has 1 N–H and O–H groups in total. The fourth-order valence-electron chi connectivity index (χ4n) is 1.31. The van der Waals surface area contributed by atoms with Gasteiger partial charge in [0.1, 0.15) is 5.82 Å². The van der Waals surface area contributed by atoms with Gasteiger partial charge < -0.3 is 5.11 Å². The second kappa shape index (κ2) is 2.87. The molecular formula is C10H13FO. The summed E-state index contributed by atoms with van der Waals surface area (Å²) in [6.45, 7) is 5.16. The summed E-state index contributed by atoms with van der Waals surface area (Å²) >= 11 is 0. The van der Waals surface area contributed by atoms with Crippen molar-refractivity contribution in [1.82, 2.24) is 0 Å². The van der Waals surface area contributed by atoms with Crippen LogP contribution in [0.3, 0.4) is 0 Å². The summed E-state index contributed by atoms with van der Waals surface area (Å²) in [6, 6.07) is 4.40. The number of hydrogen-bond donors (Lipinski definition) is 1. The molecule has 0 spiro atoms. The molecule has 0 unspecified atom stereocenters. The van der Waals surface area contributed by atoms with Crippen LogP contribution in [0.15, 0.2) is 18.2 Å². The summed E-state index contributed by atoms with van der Waals surface area (Å²) in [4.78, 5) is 0. The van der Waals surface area contributed by atoms with Crippen molar-refractivity contribution in [2.45, 2.75) is 26.4 Å². The van der Waals surface area contributed by atoms with E-state index in [9.17, 15) is 9.50 Å². The number of hydrogen-bond acceptors (Lipinski definition) is 1. The quantitative estimate of drug-likeness (QED) is 0.682. The highest BCUT2D eigenvalue weighted by atomic mass is 19.1. The van der Waals surface area contributed by atoms with Gasteiger partial charge >= 0.3 is 0 Å². The van der Waals surface area contributed by atoms with E-state index in [2.05, 4.69) is 0 Å². The van der Waals surface area contributed by atoms with Gasteiger partial charge in [-0.15, -0.1) is 0 Å². The van der Waals surface area contributed by atoms with Crippen LogP contribution in [0.4, 0.5) is 4.39 Å². The van der Waals surface area contributed by atoms with Gasteiger partial charge in [-0.25, -0.2) is 4.39 Å². The summed E-state index contributed by atoms with van der Waals surface area (Å²) in [5.74, 6) is -0.263. The molecule has 66 valence electrons. The standard InChI is InChI=1S/C10H13FO/c1-7-6-8(11)4-5-9(7)10(2,3)12/h4-6,12H,1-3H3. The summed E-state index contributed by atoms with van der Waals surface area (Å²) in [7, 11) is 0. The van der Waals surface area contributed by atoms with Crippen LogP contribution in [0, 0.1) is 12.7 Å². The molecule has 1 nitrogen and oxygen atoms in total. The second-order valence-corrected chi connectivity index (χ2v) is 3.52. The van der Waals surface area contributed by atoms with Crippen LogP contribution >= 0.6 is 0 Å². The van der Waals surface area contributed by atoms with Crippen LogP contribution in [0.1, 0.15) is 25.0 Å². The molecule has 0 aromatic heterocycles. The zero-order chi connectivity index (χ0) is 9.35. The molecule has 0 aliphatic rings. The van der Waals surface area contributed by atoms with E-state index in [4.69, 9.17) is 0 Å². The zero-order valence-electron chi connectivity index (χ0n) is 7.56. The summed E-state index contributed by atoms with van der Waals surface area (Å²) < 4.78 is 12.7. The van der Waals surface area contributed by atoms with Gasteiger partial charge in [0.05, 0.1) is 5.60 Å². The Kier molecular flexibility index (Phi) is 2.20. The molecule has 0 heterocycles. The Hall–Kier alpha value is -0.890. The predicted octanol–water partition coefficient (Wildman–Crippen LogP) is 2.36. The third kappa shape index (κ3) is 1.83. The molecule has 12 heavy (non-hydrogen) atoms. The lowest BCUT2D eigenvalue weighted by atomic mass is 9.94. The first-order valence-corrected chi connectivity index (χ1v) is 3.90. The Bertz CT molecular complexity index is 286. The molecule has 0 aliphatic heterocycles. The maximum atomic E-state index is 12.7. The first kappa shape index (κ1) is 9.20. The van der Waals surface area contributed by atoms with Crippen molar-refractivity contribution in [3.8, 4) is 0 Å². The lowest BCUT2D eigenvalue weighted by Gasteiger charge is -2.19. The fraction of sp³-hybridized carbons (Fsp3) is 0.400. The van der Waals surface area contributed by atoms with Gasteiger partial charge in [-0.1, -0.05) is 6.07 Å². The molecule has 0 radical (unpaired) electrons. The molecule has 0 aliphatic carbocycles. The van der Waals surface area contributed by atoms with Crippen LogP contribution < -0.4 is 0 Å². The molecule has 0 bridgehead atoms. The van der Waals surface area contributed by atoms with Gasteiger partial charge in [0, 0.05) is 0 Å². The minimum atomic E-state index is -0.891. The number of aryl methyl sites for hydroxylation is 1. The minimum absolute atomic E-state index is 0.263. The lowest BCUT2D eigenvalue weighted by molar-refractivity contribution is 0.0778. The number of rotatable bonds is 1. The first-order valence-electron chi connectivity index (χ1n) is 3.90. The highest BCUT2D eigenvalue weighted by Gasteiger charge is 2.17. The van der Waals surface area contributed by atoms with Crippen molar-refractivity contribution < 1.29 is 9.50 Å². The van der Waals surface area contributed by atoms with E-state index in [-0.39, 0.29) is 5.82 Å². The molecule has 0 fully saturated rings. The Morgan fingerprint density at radius 3 is 2.33 bits per heavy atom. The van der Waals surface area contributed by atoms with Gasteiger partial charge in [0.15, 0.2) is 0 Å². The Morgan fingerprint density at radius 2 is 1.92 bits per heavy atom. The van der Waals surface area contributed by atoms with Crippen molar-refractivity contribution in [2.24, 2.45) is 0 Å². The maximum Gasteiger partial charge on any atom is 0.123 e. The summed E-state index contributed by atoms with van der Waals surface area (Å²) in [5, 5.41) is 9.64. The highest BCUT2D eigenvalue weighted by Crippen LogP contribution is 2.23. The SMILES string of the molecule is Cc1cc(F)ccc1C(C)(C)O. The lowest BCUT2D eigenvalue weighted by Crippen LogP contribution is -2.17. The smallest absolute Gasteiger partial charge is 0.123 e. The maximum absolute atomic E-state index is 12.7. The molecule has 1 aromatic rings. The summed E-state index contributed by atoms with van der Waals surface area (Å²) in [6.07, 6.45) is 0. The molecule has 0 atom stereocenters. The van der Waals surface area contributed by atoms with Crippen LogP contribution in [0.5, 0.6) is 0 Å². The minimum Gasteiger partial charge on any atom is -0.386 e. The molecule has 1 aromatic carbocycles. The topological polar surface area (TPSA) is 20.2 Å². The normalized spacial score (nSPS) is 11.8. The Balaban J connectivity index is 3.19. The van der Waals surface area contributed by atoms with E-state index >= 15 is 0 Å². The summed E-state index contributed by atoms with van der Waals surface area (Å²) in [5.41, 5.74) is 0.657. The molecular weight excluding hydrogens is 155 g/mol. The molecule has 0 saturated carbocycles. The van der Waals surface area contributed by atoms with Crippen molar-refractivity contribution in [3.05, 3.63) is 35.1 Å². The Morgan fingerprint density at radius 1 is 1.33 bits per heavy atom.